The first-order valence-corrected chi connectivity index (χ1v) is 30.3. The number of hydrogen-bond acceptors (Lipinski definition) is 10. The monoisotopic (exact) mass is 1380 g/mol. The van der Waals surface area contributed by atoms with Crippen LogP contribution in [0.1, 0.15) is 142 Å². The molecule has 0 bridgehead atoms. The van der Waals surface area contributed by atoms with Crippen LogP contribution in [-0.2, 0) is 85.1 Å². The molecule has 0 saturated heterocycles. The largest absolute Gasteiger partial charge is 0.416 e. The molecule has 22 heteroatoms. The van der Waals surface area contributed by atoms with Crippen molar-refractivity contribution in [2.24, 2.45) is 5.89 Å². The maximum atomic E-state index is 15.1. The summed E-state index contributed by atoms with van der Waals surface area (Å²) in [5, 5.41) is -1.41. The third-order valence-electron chi connectivity index (χ3n) is 13.9. The van der Waals surface area contributed by atoms with E-state index >= 15 is 4.79 Å². The highest BCUT2D eigenvalue weighted by Crippen LogP contribution is 2.35. The average Bonchev–Trinajstić information content (AvgIpc) is 1.51. The van der Waals surface area contributed by atoms with Crippen LogP contribution in [-0.4, -0.2) is 103 Å². The van der Waals surface area contributed by atoms with Crippen molar-refractivity contribution in [3.63, 3.8) is 0 Å². The number of benzene rings is 6. The SMILES string of the molecule is [2H]C([2H])(Sc1nc(=O)c2c(n1CC(=O)N(Cc1ccc(-c3ccc(C(F)(F)F)cc3)cc1)C([2H])([2H])C([2H])([2H])N(C([2H])([2H])C)C([2H])([2H])C)CCC2)c1ccc(F)cc1.[2H]c1c([2H])c(C([2H])([2H])Sc2nc(=O)c3c(n2CC(=O)N(Cc2c([2H])c([2H])c(-c4c([2H])c([2H])c(C(F)(F)F)c([2H])c4[2H])c([2H])c2[2H])C([2H])([2H])C([2H])([2H])N(CC)CC)C([2H])([2H])C([2H])(C)C3([2H])[2H])c([2H])c([2H])c1F. The molecule has 10 rings (SSSR count). The number of hydrogen-bond donors (Lipinski definition) is 0. The molecule has 1 unspecified atom stereocenters. The van der Waals surface area contributed by atoms with Gasteiger partial charge in [-0.2, -0.15) is 36.3 Å². The lowest BCUT2D eigenvalue weighted by molar-refractivity contribution is -0.138. The summed E-state index contributed by atoms with van der Waals surface area (Å²) in [4.78, 5) is 65.6. The highest BCUT2D eigenvalue weighted by Gasteiger charge is 2.33. The molecule has 0 spiro atoms. The van der Waals surface area contributed by atoms with E-state index in [-0.39, 0.29) is 69.3 Å². The summed E-state index contributed by atoms with van der Waals surface area (Å²) in [6.45, 7) is -19.7. The van der Waals surface area contributed by atoms with Crippen LogP contribution in [0.3, 0.4) is 0 Å². The molecule has 6 aromatic carbocycles. The molecule has 0 radical (unpaired) electrons. The molecule has 0 fully saturated rings. The van der Waals surface area contributed by atoms with Crippen LogP contribution in [0.2, 0.25) is 0 Å². The Morgan fingerprint density at radius 1 is 0.547 bits per heavy atom. The first kappa shape index (κ1) is 39.3. The number of nitrogens with zero attached hydrogens (tertiary/aromatic N) is 8. The van der Waals surface area contributed by atoms with Crippen molar-refractivity contribution in [3.8, 4) is 22.3 Å². The van der Waals surface area contributed by atoms with Crippen LogP contribution in [0.25, 0.3) is 22.3 Å². The van der Waals surface area contributed by atoms with Gasteiger partial charge in [-0.15, -0.1) is 0 Å². The zero-order valence-electron chi connectivity index (χ0n) is 83.8. The second-order valence-corrected chi connectivity index (χ2v) is 21.8. The fourth-order valence-corrected chi connectivity index (χ4v) is 10.5. The molecule has 0 aliphatic heterocycles. The second-order valence-electron chi connectivity index (χ2n) is 20.3. The Hall–Kier alpha value is -7.92. The van der Waals surface area contributed by atoms with Gasteiger partial charge in [-0.25, -0.2) is 8.78 Å². The number of likely N-dealkylation sites (N-methyl/N-ethyl adjacent to an activating group) is 2. The van der Waals surface area contributed by atoms with Gasteiger partial charge in [0.2, 0.25) is 11.8 Å². The lowest BCUT2D eigenvalue weighted by Gasteiger charge is -2.28. The Labute approximate surface area is 603 Å². The molecule has 8 aromatic rings. The van der Waals surface area contributed by atoms with Crippen molar-refractivity contribution < 1.29 is 89.9 Å². The Morgan fingerprint density at radius 2 is 1.02 bits per heavy atom. The van der Waals surface area contributed by atoms with Gasteiger partial charge < -0.3 is 28.7 Å². The smallest absolute Gasteiger partial charge is 0.336 e. The summed E-state index contributed by atoms with van der Waals surface area (Å²) in [6, 6.07) is -1.72. The molecule has 2 heterocycles. The minimum absolute atomic E-state index is 0.00943. The van der Waals surface area contributed by atoms with Crippen LogP contribution < -0.4 is 11.1 Å². The van der Waals surface area contributed by atoms with E-state index in [0.717, 1.165) is 49.9 Å². The van der Waals surface area contributed by atoms with Gasteiger partial charge in [0.05, 0.1) is 33.1 Å². The third kappa shape index (κ3) is 19.2. The molecule has 0 saturated carbocycles. The molecular weight excluding hydrogens is 1270 g/mol. The number of halogens is 8. The number of carbonyl (C=O) groups is 2. The Bertz CT molecular complexity index is 5700. The van der Waals surface area contributed by atoms with E-state index in [9.17, 15) is 52.2 Å². The van der Waals surface area contributed by atoms with Gasteiger partial charge in [0.25, 0.3) is 11.1 Å². The van der Waals surface area contributed by atoms with E-state index in [1.807, 2.05) is 0 Å². The van der Waals surface area contributed by atoms with Crippen molar-refractivity contribution >= 4 is 35.3 Å². The zero-order chi connectivity index (χ0) is 97.3. The molecule has 95 heavy (non-hydrogen) atoms. The van der Waals surface area contributed by atoms with Gasteiger partial charge in [0, 0.05) is 96.3 Å². The maximum Gasteiger partial charge on any atom is 0.416 e. The number of carbonyl (C=O) groups excluding carboxylic acids is 2. The normalized spacial score (nSPS) is 21.7. The summed E-state index contributed by atoms with van der Waals surface area (Å²) >= 11 is 0.136. The molecule has 1 atom stereocenters. The van der Waals surface area contributed by atoms with E-state index in [1.165, 1.54) is 66.9 Å². The van der Waals surface area contributed by atoms with Gasteiger partial charge in [-0.1, -0.05) is 155 Å². The van der Waals surface area contributed by atoms with Crippen molar-refractivity contribution in [1.82, 2.24) is 38.7 Å². The molecule has 502 valence electrons. The molecule has 2 aliphatic carbocycles. The third-order valence-corrected chi connectivity index (χ3v) is 15.6. The number of amides is 2. The second kappa shape index (κ2) is 32.7. The van der Waals surface area contributed by atoms with Crippen LogP contribution in [0, 0.1) is 17.5 Å². The quantitative estimate of drug-likeness (QED) is 0.0295. The fourth-order valence-electron chi connectivity index (χ4n) is 9.08. The van der Waals surface area contributed by atoms with Crippen molar-refractivity contribution in [2.45, 2.75) is 127 Å². The predicted octanol–water partition coefficient (Wildman–Crippen LogP) is 14.7. The van der Waals surface area contributed by atoms with Crippen LogP contribution >= 0.6 is 23.5 Å². The average molecular weight is 1380 g/mol. The maximum absolute atomic E-state index is 15.1. The topological polar surface area (TPSA) is 117 Å². The standard InChI is InChI=1S/C37H40F4N4O2S.C36H38F4N4O2S/c1-4-43(5-2)18-19-44(22-26-6-10-28(11-7-26)29-12-14-30(15-13-29)37(39,40)41)34(46)23-45-33-21-25(3)20-32(33)35(47)42-36(45)48-24-27-8-16-31(38)17-9-27;1-3-42(4-2)20-21-43(22-25-8-12-27(13-9-25)28-14-16-29(17-15-28)36(38,39)40)33(45)23-44-32-7-5-6-31(32)34(46)41-35(44)47-24-26-10-18-30(37)19-11-26/h6-17,25H,4-5,18-24H2,1-3H3;8-19H,3-7,20-24H2,1-2H3/i6D,7D,8D,9D,10D,11D,12D,13D,14D,15D,16D,17D,18D2,19D2,20D2,21D2,24D2,25D;3D2,4D2,20D2,21D2,24D2. The van der Waals surface area contributed by atoms with Gasteiger partial charge in [-0.3, -0.25) is 19.2 Å². The summed E-state index contributed by atoms with van der Waals surface area (Å²) in [5.74, 6) is -8.19. The molecule has 0 N–H and O–H groups in total. The minimum atomic E-state index is -5.42. The first-order chi connectivity index (χ1) is 58.2. The Morgan fingerprint density at radius 3 is 1.56 bits per heavy atom. The Balaban J connectivity index is 0.000000296. The van der Waals surface area contributed by atoms with E-state index in [4.69, 9.17) is 42.5 Å². The number of fused-ring (bicyclic) bond motifs is 2. The van der Waals surface area contributed by atoms with E-state index in [2.05, 4.69) is 9.97 Å². The summed E-state index contributed by atoms with van der Waals surface area (Å²) in [7, 11) is 0. The van der Waals surface area contributed by atoms with Crippen LogP contribution in [0.15, 0.2) is 165 Å². The lowest BCUT2D eigenvalue weighted by Crippen LogP contribution is -2.40. The van der Waals surface area contributed by atoms with E-state index in [1.54, 1.807) is 0 Å². The summed E-state index contributed by atoms with van der Waals surface area (Å²) in [6.07, 6.45) is -15.6. The van der Waals surface area contributed by atoms with Crippen molar-refractivity contribution in [2.75, 3.05) is 52.1 Å². The van der Waals surface area contributed by atoms with E-state index in [0.29, 0.717) is 44.5 Å². The number of thioether (sulfide) groups is 2. The van der Waals surface area contributed by atoms with E-state index < -0.39 is 264 Å². The summed E-state index contributed by atoms with van der Waals surface area (Å²) < 4.78 is 396. The van der Waals surface area contributed by atoms with Crippen molar-refractivity contribution in [1.29, 1.82) is 0 Å². The molecule has 2 aromatic heterocycles. The van der Waals surface area contributed by atoms with Gasteiger partial charge in [0.15, 0.2) is 10.3 Å². The highest BCUT2D eigenvalue weighted by molar-refractivity contribution is 7.98. The molecule has 2 amide bonds. The van der Waals surface area contributed by atoms with Gasteiger partial charge in [0.1, 0.15) is 24.7 Å². The van der Waals surface area contributed by atoms with Crippen LogP contribution in [0.4, 0.5) is 35.1 Å². The fraction of sp³-hybridized carbons (Fsp3) is 0.370. The summed E-state index contributed by atoms with van der Waals surface area (Å²) in [5.41, 5.74) is -15.9. The molecule has 12 nitrogen and oxygen atoms in total. The predicted molar refractivity (Wildman–Crippen MR) is 358 cm³/mol. The first-order valence-electron chi connectivity index (χ1n) is 45.1. The lowest BCUT2D eigenvalue weighted by atomic mass is 10.0. The number of alkyl halides is 6. The molecular formula is C73H78F8N8O4S2. The minimum Gasteiger partial charge on any atom is -0.336 e. The number of rotatable bonds is 26. The van der Waals surface area contributed by atoms with Gasteiger partial charge >= 0.3 is 12.4 Å². The van der Waals surface area contributed by atoms with Crippen LogP contribution in [0.5, 0.6) is 0 Å². The zero-order valence-corrected chi connectivity index (χ0v) is 52.5. The highest BCUT2D eigenvalue weighted by atomic mass is 32.2. The Kier molecular flexibility index (Phi) is 13.5. The van der Waals surface area contributed by atoms with Crippen molar-refractivity contribution in [3.05, 3.63) is 234 Å². The number of aromatic nitrogens is 4. The van der Waals surface area contributed by atoms with Gasteiger partial charge in [-0.05, 0) is 157 Å². The molecule has 2 aliphatic rings.